The van der Waals surface area contributed by atoms with Crippen molar-refractivity contribution in [3.63, 3.8) is 0 Å². The molecule has 2 saturated carbocycles. The van der Waals surface area contributed by atoms with Crippen molar-refractivity contribution in [3.8, 4) is 0 Å². The Kier molecular flexibility index (Phi) is 5.30. The minimum absolute atomic E-state index is 0.501. The molecule has 0 heterocycles. The molecule has 0 aliphatic heterocycles. The Labute approximate surface area is 105 Å². The first-order chi connectivity index (χ1) is 8.36. The van der Waals surface area contributed by atoms with Gasteiger partial charge in [0.2, 0.25) is 0 Å². The van der Waals surface area contributed by atoms with E-state index in [9.17, 15) is 0 Å². The van der Waals surface area contributed by atoms with Crippen molar-refractivity contribution in [3.05, 3.63) is 0 Å². The highest BCUT2D eigenvalue weighted by atomic mass is 16.5. The van der Waals surface area contributed by atoms with Crippen LogP contribution < -0.4 is 5.73 Å². The number of aliphatic imine (C=N–C) groups is 1. The van der Waals surface area contributed by atoms with Gasteiger partial charge in [0.15, 0.2) is 0 Å². The van der Waals surface area contributed by atoms with E-state index in [1.807, 2.05) is 0 Å². The largest absolute Gasteiger partial charge is 0.387 e. The highest BCUT2D eigenvalue weighted by Crippen LogP contribution is 2.23. The fourth-order valence-electron chi connectivity index (χ4n) is 2.98. The number of hydrogen-bond donors (Lipinski definition) is 1. The molecule has 0 amide bonds. The van der Waals surface area contributed by atoms with E-state index in [4.69, 9.17) is 10.5 Å². The van der Waals surface area contributed by atoms with E-state index in [1.165, 1.54) is 57.8 Å². The van der Waals surface area contributed by atoms with Gasteiger partial charge in [-0.25, -0.2) is 0 Å². The number of amidine groups is 1. The smallest absolute Gasteiger partial charge is 0.0969 e. The van der Waals surface area contributed by atoms with Crippen molar-refractivity contribution >= 4 is 5.84 Å². The minimum Gasteiger partial charge on any atom is -0.387 e. The molecule has 0 atom stereocenters. The van der Waals surface area contributed by atoms with Gasteiger partial charge in [0.1, 0.15) is 0 Å². The third-order valence-corrected chi connectivity index (χ3v) is 4.06. The Morgan fingerprint density at radius 2 is 1.65 bits per heavy atom. The van der Waals surface area contributed by atoms with Crippen molar-refractivity contribution in [2.75, 3.05) is 13.2 Å². The number of ether oxygens (including phenoxy) is 1. The van der Waals surface area contributed by atoms with Crippen LogP contribution in [0.15, 0.2) is 4.99 Å². The van der Waals surface area contributed by atoms with Crippen LogP contribution in [0.5, 0.6) is 0 Å². The molecule has 2 N–H and O–H groups in total. The van der Waals surface area contributed by atoms with Gasteiger partial charge in [0, 0.05) is 5.92 Å². The Morgan fingerprint density at radius 3 is 2.35 bits per heavy atom. The monoisotopic (exact) mass is 238 g/mol. The van der Waals surface area contributed by atoms with E-state index in [1.54, 1.807) is 0 Å². The highest BCUT2D eigenvalue weighted by molar-refractivity contribution is 5.82. The van der Waals surface area contributed by atoms with Gasteiger partial charge >= 0.3 is 0 Å². The average Bonchev–Trinajstić information content (AvgIpc) is 2.88. The van der Waals surface area contributed by atoms with Crippen LogP contribution in [-0.4, -0.2) is 25.1 Å². The fourth-order valence-corrected chi connectivity index (χ4v) is 2.98. The Hall–Kier alpha value is -0.570. The lowest BCUT2D eigenvalue weighted by Gasteiger charge is -2.21. The first-order valence-corrected chi connectivity index (χ1v) is 7.27. The van der Waals surface area contributed by atoms with Gasteiger partial charge in [-0.3, -0.25) is 4.99 Å². The van der Waals surface area contributed by atoms with E-state index in [-0.39, 0.29) is 0 Å². The molecule has 2 rings (SSSR count). The zero-order valence-corrected chi connectivity index (χ0v) is 10.9. The van der Waals surface area contributed by atoms with Crippen molar-refractivity contribution in [2.24, 2.45) is 16.6 Å². The molecule has 3 heteroatoms. The van der Waals surface area contributed by atoms with Crippen molar-refractivity contribution in [1.29, 1.82) is 0 Å². The lowest BCUT2D eigenvalue weighted by atomic mass is 9.88. The van der Waals surface area contributed by atoms with E-state index in [0.29, 0.717) is 12.0 Å². The zero-order valence-electron chi connectivity index (χ0n) is 10.9. The van der Waals surface area contributed by atoms with Crippen LogP contribution >= 0.6 is 0 Å². The first-order valence-electron chi connectivity index (χ1n) is 7.27. The summed E-state index contributed by atoms with van der Waals surface area (Å²) in [5.74, 6) is 1.43. The maximum atomic E-state index is 6.04. The maximum Gasteiger partial charge on any atom is 0.0969 e. The molecule has 0 spiro atoms. The van der Waals surface area contributed by atoms with E-state index in [0.717, 1.165) is 19.0 Å². The van der Waals surface area contributed by atoms with Crippen LogP contribution in [0.2, 0.25) is 0 Å². The van der Waals surface area contributed by atoms with E-state index in [2.05, 4.69) is 4.99 Å². The molecule has 2 fully saturated rings. The van der Waals surface area contributed by atoms with Gasteiger partial charge in [-0.2, -0.15) is 0 Å². The highest BCUT2D eigenvalue weighted by Gasteiger charge is 2.17. The first kappa shape index (κ1) is 12.9. The molecule has 17 heavy (non-hydrogen) atoms. The minimum atomic E-state index is 0.501. The third kappa shape index (κ3) is 4.30. The SMILES string of the molecule is NC(=NCCOC1CCCC1)C1CCCCC1. The van der Waals surface area contributed by atoms with Crippen LogP contribution in [0.25, 0.3) is 0 Å². The summed E-state index contributed by atoms with van der Waals surface area (Å²) in [7, 11) is 0. The quantitative estimate of drug-likeness (QED) is 0.455. The molecule has 2 aliphatic rings. The van der Waals surface area contributed by atoms with Crippen molar-refractivity contribution in [2.45, 2.75) is 63.9 Å². The molecule has 0 aromatic carbocycles. The van der Waals surface area contributed by atoms with Gasteiger partial charge in [-0.1, -0.05) is 32.1 Å². The molecule has 0 aromatic rings. The topological polar surface area (TPSA) is 47.6 Å². The predicted molar refractivity (Wildman–Crippen MR) is 71.3 cm³/mol. The summed E-state index contributed by atoms with van der Waals surface area (Å²) in [6, 6.07) is 0. The van der Waals surface area contributed by atoms with Crippen molar-refractivity contribution in [1.82, 2.24) is 0 Å². The summed E-state index contributed by atoms with van der Waals surface area (Å²) in [5, 5.41) is 0. The fraction of sp³-hybridized carbons (Fsp3) is 0.929. The third-order valence-electron chi connectivity index (χ3n) is 4.06. The molecule has 0 saturated heterocycles. The molecule has 0 unspecified atom stereocenters. The zero-order chi connectivity index (χ0) is 11.9. The second-order valence-electron chi connectivity index (χ2n) is 5.42. The van der Waals surface area contributed by atoms with E-state index >= 15 is 0 Å². The summed E-state index contributed by atoms with van der Waals surface area (Å²) >= 11 is 0. The van der Waals surface area contributed by atoms with Gasteiger partial charge in [-0.15, -0.1) is 0 Å². The summed E-state index contributed by atoms with van der Waals surface area (Å²) in [4.78, 5) is 4.48. The lowest BCUT2D eigenvalue weighted by molar-refractivity contribution is 0.0643. The molecule has 0 aromatic heterocycles. The maximum absolute atomic E-state index is 6.04. The molecule has 0 radical (unpaired) electrons. The molecule has 3 nitrogen and oxygen atoms in total. The van der Waals surface area contributed by atoms with Crippen LogP contribution in [0.4, 0.5) is 0 Å². The molecule has 2 aliphatic carbocycles. The molecular formula is C14H26N2O. The standard InChI is InChI=1S/C14H26N2O/c15-14(12-6-2-1-3-7-12)16-10-11-17-13-8-4-5-9-13/h12-13H,1-11H2,(H2,15,16). The second kappa shape index (κ2) is 7.00. The van der Waals surface area contributed by atoms with Gasteiger partial charge in [-0.05, 0) is 25.7 Å². The predicted octanol–water partition coefficient (Wildman–Crippen LogP) is 2.88. The number of nitrogens with zero attached hydrogens (tertiary/aromatic N) is 1. The Bertz CT molecular complexity index is 241. The van der Waals surface area contributed by atoms with Crippen LogP contribution in [0.1, 0.15) is 57.8 Å². The number of hydrogen-bond acceptors (Lipinski definition) is 2. The molecular weight excluding hydrogens is 212 g/mol. The Balaban J connectivity index is 1.61. The summed E-state index contributed by atoms with van der Waals surface area (Å²) in [6.45, 7) is 1.50. The number of nitrogens with two attached hydrogens (primary N) is 1. The van der Waals surface area contributed by atoms with Gasteiger partial charge < -0.3 is 10.5 Å². The van der Waals surface area contributed by atoms with Gasteiger partial charge in [0.25, 0.3) is 0 Å². The van der Waals surface area contributed by atoms with Crippen molar-refractivity contribution < 1.29 is 4.74 Å². The summed E-state index contributed by atoms with van der Waals surface area (Å²) in [6.07, 6.45) is 12.1. The molecule has 98 valence electrons. The second-order valence-corrected chi connectivity index (χ2v) is 5.42. The lowest BCUT2D eigenvalue weighted by Crippen LogP contribution is -2.26. The summed E-state index contributed by atoms with van der Waals surface area (Å²) in [5.41, 5.74) is 6.04. The van der Waals surface area contributed by atoms with E-state index < -0.39 is 0 Å². The summed E-state index contributed by atoms with van der Waals surface area (Å²) < 4.78 is 5.78. The number of rotatable bonds is 5. The Morgan fingerprint density at radius 1 is 1.00 bits per heavy atom. The average molecular weight is 238 g/mol. The normalized spacial score (nSPS) is 24.4. The van der Waals surface area contributed by atoms with Crippen LogP contribution in [-0.2, 0) is 4.74 Å². The van der Waals surface area contributed by atoms with Crippen LogP contribution in [0, 0.1) is 5.92 Å². The van der Waals surface area contributed by atoms with Gasteiger partial charge in [0.05, 0.1) is 25.1 Å². The van der Waals surface area contributed by atoms with Crippen LogP contribution in [0.3, 0.4) is 0 Å². The molecule has 0 bridgehead atoms.